The van der Waals surface area contributed by atoms with Crippen LogP contribution in [0, 0.1) is 5.82 Å². The fourth-order valence-corrected chi connectivity index (χ4v) is 1.03. The van der Waals surface area contributed by atoms with Crippen molar-refractivity contribution in [3.8, 4) is 0 Å². The molecule has 0 unspecified atom stereocenters. The molecule has 13 heavy (non-hydrogen) atoms. The lowest BCUT2D eigenvalue weighted by Crippen LogP contribution is -2.07. The van der Waals surface area contributed by atoms with Crippen LogP contribution in [0.25, 0.3) is 6.08 Å². The molecule has 0 amide bonds. The molecule has 66 valence electrons. The van der Waals surface area contributed by atoms with E-state index < -0.39 is 5.82 Å². The molecule has 0 spiro atoms. The Hall–Kier alpha value is -1.45. The first-order valence-electron chi connectivity index (χ1n) is 3.79. The van der Waals surface area contributed by atoms with Gasteiger partial charge in [-0.1, -0.05) is 11.5 Å². The first kappa shape index (κ1) is 9.64. The smallest absolute Gasteiger partial charge is 0.146 e. The summed E-state index contributed by atoms with van der Waals surface area (Å²) in [6.07, 6.45) is 1.58. The second-order valence-corrected chi connectivity index (χ2v) is 2.89. The second-order valence-electron chi connectivity index (χ2n) is 2.89. The number of nitrogen functional groups attached to an aromatic ring is 1. The maximum atomic E-state index is 13.0. The van der Waals surface area contributed by atoms with Gasteiger partial charge in [-0.15, -0.1) is 0 Å². The third kappa shape index (κ3) is 2.24. The molecule has 2 nitrogen and oxygen atoms in total. The molecule has 1 rings (SSSR count). The molecule has 0 atom stereocenters. The Balaban J connectivity index is 3.28. The van der Waals surface area contributed by atoms with Crippen LogP contribution in [-0.4, -0.2) is 7.85 Å². The number of hydrogen-bond donors (Lipinski definition) is 2. The standard InChI is InChI=1S/C9H10BFN2/c1-5(12)2-6-3-7(10)4-8(11)9(6)13/h2-4H,12-13H2,1H3/b5-2-. The molecule has 2 radical (unpaired) electrons. The molecule has 1 aromatic carbocycles. The van der Waals surface area contributed by atoms with E-state index in [0.717, 1.165) is 0 Å². The summed E-state index contributed by atoms with van der Waals surface area (Å²) in [7, 11) is 5.44. The van der Waals surface area contributed by atoms with E-state index in [4.69, 9.17) is 19.3 Å². The highest BCUT2D eigenvalue weighted by Crippen LogP contribution is 2.16. The van der Waals surface area contributed by atoms with Crippen molar-refractivity contribution in [1.29, 1.82) is 0 Å². The molecule has 0 aliphatic carbocycles. The van der Waals surface area contributed by atoms with E-state index in [2.05, 4.69) is 0 Å². The summed E-state index contributed by atoms with van der Waals surface area (Å²) in [6, 6.07) is 2.76. The molecule has 0 heterocycles. The Morgan fingerprint density at radius 1 is 1.54 bits per heavy atom. The molecule has 0 aliphatic rings. The summed E-state index contributed by atoms with van der Waals surface area (Å²) in [5.41, 5.74) is 12.4. The SMILES string of the molecule is [B]c1cc(F)c(N)c(/C=C(/C)N)c1. The van der Waals surface area contributed by atoms with Crippen LogP contribution in [0.3, 0.4) is 0 Å². The van der Waals surface area contributed by atoms with Crippen LogP contribution in [-0.2, 0) is 0 Å². The lowest BCUT2D eigenvalue weighted by molar-refractivity contribution is 0.633. The van der Waals surface area contributed by atoms with Crippen molar-refractivity contribution in [2.75, 3.05) is 5.73 Å². The first-order valence-corrected chi connectivity index (χ1v) is 3.79. The average molecular weight is 176 g/mol. The number of nitrogens with two attached hydrogens (primary N) is 2. The van der Waals surface area contributed by atoms with E-state index in [9.17, 15) is 4.39 Å². The summed E-state index contributed by atoms with van der Waals surface area (Å²) < 4.78 is 13.0. The third-order valence-electron chi connectivity index (χ3n) is 1.57. The summed E-state index contributed by atoms with van der Waals surface area (Å²) in [5, 5.41) is 0. The zero-order chi connectivity index (χ0) is 10.0. The Labute approximate surface area is 77.8 Å². The van der Waals surface area contributed by atoms with E-state index >= 15 is 0 Å². The minimum absolute atomic E-state index is 0.0685. The first-order chi connectivity index (χ1) is 6.00. The molecule has 0 saturated carbocycles. The van der Waals surface area contributed by atoms with Gasteiger partial charge in [0.25, 0.3) is 0 Å². The highest BCUT2D eigenvalue weighted by atomic mass is 19.1. The minimum atomic E-state index is -0.521. The summed E-state index contributed by atoms with van der Waals surface area (Å²) >= 11 is 0. The van der Waals surface area contributed by atoms with Crippen molar-refractivity contribution in [2.45, 2.75) is 6.92 Å². The van der Waals surface area contributed by atoms with Gasteiger partial charge in [-0.3, -0.25) is 0 Å². The van der Waals surface area contributed by atoms with Gasteiger partial charge < -0.3 is 11.5 Å². The fraction of sp³-hybridized carbons (Fsp3) is 0.111. The van der Waals surface area contributed by atoms with Crippen LogP contribution < -0.4 is 16.9 Å². The van der Waals surface area contributed by atoms with Crippen LogP contribution >= 0.6 is 0 Å². The molecule has 0 fully saturated rings. The maximum Gasteiger partial charge on any atom is 0.146 e. The van der Waals surface area contributed by atoms with Gasteiger partial charge in [0.15, 0.2) is 0 Å². The number of rotatable bonds is 1. The highest BCUT2D eigenvalue weighted by molar-refractivity contribution is 6.32. The lowest BCUT2D eigenvalue weighted by atomic mass is 9.93. The van der Waals surface area contributed by atoms with Crippen LogP contribution in [0.4, 0.5) is 10.1 Å². The van der Waals surface area contributed by atoms with E-state index in [1.165, 1.54) is 6.07 Å². The van der Waals surface area contributed by atoms with Crippen molar-refractivity contribution < 1.29 is 4.39 Å². The molecule has 1 aromatic rings. The summed E-state index contributed by atoms with van der Waals surface area (Å²) in [5.74, 6) is -0.521. The largest absolute Gasteiger partial charge is 0.402 e. The van der Waals surface area contributed by atoms with Gasteiger partial charge >= 0.3 is 0 Å². The normalized spacial score (nSPS) is 11.7. The molecule has 0 aliphatic heterocycles. The van der Waals surface area contributed by atoms with Gasteiger partial charge in [-0.25, -0.2) is 4.39 Å². The molecule has 0 bridgehead atoms. The Morgan fingerprint density at radius 2 is 2.15 bits per heavy atom. The monoisotopic (exact) mass is 176 g/mol. The Bertz CT molecular complexity index is 357. The molecule has 0 saturated heterocycles. The van der Waals surface area contributed by atoms with Crippen molar-refractivity contribution in [3.05, 3.63) is 29.2 Å². The van der Waals surface area contributed by atoms with E-state index in [0.29, 0.717) is 16.7 Å². The third-order valence-corrected chi connectivity index (χ3v) is 1.57. The zero-order valence-electron chi connectivity index (χ0n) is 7.34. The Morgan fingerprint density at radius 3 is 2.69 bits per heavy atom. The van der Waals surface area contributed by atoms with E-state index in [1.807, 2.05) is 0 Å². The highest BCUT2D eigenvalue weighted by Gasteiger charge is 2.03. The summed E-state index contributed by atoms with van der Waals surface area (Å²) in [6.45, 7) is 1.69. The van der Waals surface area contributed by atoms with Crippen molar-refractivity contribution in [3.63, 3.8) is 0 Å². The second kappa shape index (κ2) is 3.52. The minimum Gasteiger partial charge on any atom is -0.402 e. The van der Waals surface area contributed by atoms with Crippen molar-refractivity contribution in [1.82, 2.24) is 0 Å². The van der Waals surface area contributed by atoms with Gasteiger partial charge in [0, 0.05) is 11.3 Å². The molecule has 0 aromatic heterocycles. The number of benzene rings is 1. The van der Waals surface area contributed by atoms with Crippen LogP contribution in [0.5, 0.6) is 0 Å². The molecular weight excluding hydrogens is 166 g/mol. The predicted octanol–water partition coefficient (Wildman–Crippen LogP) is 0.521. The van der Waals surface area contributed by atoms with Crippen molar-refractivity contribution >= 4 is 25.1 Å². The molecule has 4 N–H and O–H groups in total. The number of anilines is 1. The number of allylic oxidation sites excluding steroid dienone is 1. The zero-order valence-corrected chi connectivity index (χ0v) is 7.34. The quantitative estimate of drug-likeness (QED) is 0.484. The molecular formula is C9H10BFN2. The molecule has 4 heteroatoms. The number of hydrogen-bond acceptors (Lipinski definition) is 2. The average Bonchev–Trinajstić information content (AvgIpc) is 1.98. The topological polar surface area (TPSA) is 52.0 Å². The van der Waals surface area contributed by atoms with E-state index in [-0.39, 0.29) is 5.69 Å². The van der Waals surface area contributed by atoms with Crippen molar-refractivity contribution in [2.24, 2.45) is 5.73 Å². The number of halogens is 1. The van der Waals surface area contributed by atoms with Gasteiger partial charge in [0.1, 0.15) is 13.7 Å². The summed E-state index contributed by atoms with van der Waals surface area (Å²) in [4.78, 5) is 0. The van der Waals surface area contributed by atoms with Gasteiger partial charge in [-0.05, 0) is 19.1 Å². The van der Waals surface area contributed by atoms with Gasteiger partial charge in [-0.2, -0.15) is 0 Å². The van der Waals surface area contributed by atoms with Crippen LogP contribution in [0.15, 0.2) is 17.8 Å². The van der Waals surface area contributed by atoms with Gasteiger partial charge in [0.05, 0.1) is 5.69 Å². The van der Waals surface area contributed by atoms with Gasteiger partial charge in [0.2, 0.25) is 0 Å². The lowest BCUT2D eigenvalue weighted by Gasteiger charge is -2.04. The predicted molar refractivity (Wildman–Crippen MR) is 54.0 cm³/mol. The fourth-order valence-electron chi connectivity index (χ4n) is 1.03. The maximum absolute atomic E-state index is 13.0. The van der Waals surface area contributed by atoms with E-state index in [1.54, 1.807) is 19.1 Å². The Kier molecular flexibility index (Phi) is 2.61. The van der Waals surface area contributed by atoms with Crippen LogP contribution in [0.2, 0.25) is 0 Å². The van der Waals surface area contributed by atoms with Crippen LogP contribution in [0.1, 0.15) is 12.5 Å².